The van der Waals surface area contributed by atoms with Gasteiger partial charge in [-0.15, -0.1) is 0 Å². The molecule has 0 saturated heterocycles. The van der Waals surface area contributed by atoms with Crippen LogP contribution in [0.4, 0.5) is 18.9 Å². The van der Waals surface area contributed by atoms with Crippen molar-refractivity contribution in [2.75, 3.05) is 4.72 Å². The summed E-state index contributed by atoms with van der Waals surface area (Å²) in [6.45, 7) is 3.46. The number of benzene rings is 2. The van der Waals surface area contributed by atoms with Crippen LogP contribution < -0.4 is 4.72 Å². The molecule has 0 saturated carbocycles. The molecule has 5 nitrogen and oxygen atoms in total. The molecule has 0 aliphatic rings. The van der Waals surface area contributed by atoms with Gasteiger partial charge in [0.15, 0.2) is 0 Å². The Balaban J connectivity index is 2.11. The second-order valence-corrected chi connectivity index (χ2v) is 7.68. The first-order valence-corrected chi connectivity index (χ1v) is 9.37. The quantitative estimate of drug-likeness (QED) is 0.716. The molecule has 0 aliphatic carbocycles. The summed E-state index contributed by atoms with van der Waals surface area (Å²) in [4.78, 5) is 3.99. The van der Waals surface area contributed by atoms with Crippen molar-refractivity contribution in [2.45, 2.75) is 24.9 Å². The van der Waals surface area contributed by atoms with Gasteiger partial charge in [-0.3, -0.25) is 4.72 Å². The summed E-state index contributed by atoms with van der Waals surface area (Å²) in [6, 6.07) is 8.91. The number of hydrogen-bond acceptors (Lipinski definition) is 3. The third-order valence-electron chi connectivity index (χ3n) is 3.98. The number of nitrogens with zero attached hydrogens (tertiary/aromatic N) is 2. The molecule has 1 heterocycles. The van der Waals surface area contributed by atoms with Gasteiger partial charge in [0.2, 0.25) is 0 Å². The number of nitrogens with one attached hydrogen (secondary N) is 1. The zero-order valence-corrected chi connectivity index (χ0v) is 15.3. The molecule has 3 rings (SSSR count). The highest BCUT2D eigenvalue weighted by molar-refractivity contribution is 7.92. The summed E-state index contributed by atoms with van der Waals surface area (Å²) < 4.78 is 68.5. The molecule has 27 heavy (non-hydrogen) atoms. The Labute approximate surface area is 154 Å². The summed E-state index contributed by atoms with van der Waals surface area (Å²) >= 11 is 0. The molecule has 0 unspecified atom stereocenters. The number of halogens is 3. The van der Waals surface area contributed by atoms with Crippen molar-refractivity contribution in [1.29, 1.82) is 0 Å². The van der Waals surface area contributed by atoms with Crippen LogP contribution in [0.1, 0.15) is 17.0 Å². The highest BCUT2D eigenvalue weighted by atomic mass is 32.2. The van der Waals surface area contributed by atoms with Crippen LogP contribution in [0.5, 0.6) is 0 Å². The van der Waals surface area contributed by atoms with Gasteiger partial charge >= 0.3 is 6.18 Å². The number of aryl methyl sites for hydroxylation is 2. The number of anilines is 1. The Bertz CT molecular complexity index is 1070. The molecule has 142 valence electrons. The van der Waals surface area contributed by atoms with Crippen molar-refractivity contribution in [2.24, 2.45) is 0 Å². The zero-order chi connectivity index (χ0) is 19.8. The van der Waals surface area contributed by atoms with E-state index in [9.17, 15) is 21.6 Å². The number of rotatable bonds is 4. The summed E-state index contributed by atoms with van der Waals surface area (Å²) in [5.41, 5.74) is -0.0337. The van der Waals surface area contributed by atoms with Crippen molar-refractivity contribution in [3.8, 4) is 5.69 Å². The van der Waals surface area contributed by atoms with Gasteiger partial charge in [0, 0.05) is 12.4 Å². The van der Waals surface area contributed by atoms with Crippen molar-refractivity contribution in [1.82, 2.24) is 9.55 Å². The van der Waals surface area contributed by atoms with Crippen LogP contribution in [0.3, 0.4) is 0 Å². The lowest BCUT2D eigenvalue weighted by Crippen LogP contribution is -2.16. The Kier molecular flexibility index (Phi) is 4.73. The molecule has 0 radical (unpaired) electrons. The Morgan fingerprint density at radius 1 is 1.04 bits per heavy atom. The molecule has 0 aliphatic heterocycles. The van der Waals surface area contributed by atoms with Crippen molar-refractivity contribution < 1.29 is 21.6 Å². The highest BCUT2D eigenvalue weighted by Crippen LogP contribution is 2.34. The van der Waals surface area contributed by atoms with Gasteiger partial charge in [-0.2, -0.15) is 13.2 Å². The summed E-state index contributed by atoms with van der Waals surface area (Å²) in [5, 5.41) is 0. The molecular weight excluding hydrogens is 379 g/mol. The topological polar surface area (TPSA) is 64.0 Å². The number of alkyl halides is 3. The lowest BCUT2D eigenvalue weighted by Gasteiger charge is -2.17. The van der Waals surface area contributed by atoms with E-state index in [-0.39, 0.29) is 16.3 Å². The largest absolute Gasteiger partial charge is 0.416 e. The van der Waals surface area contributed by atoms with E-state index in [1.54, 1.807) is 32.2 Å². The fourth-order valence-corrected chi connectivity index (χ4v) is 3.62. The first kappa shape index (κ1) is 19.0. The van der Waals surface area contributed by atoms with Gasteiger partial charge in [0.05, 0.1) is 21.8 Å². The fraction of sp³-hybridized carbons (Fsp3) is 0.167. The average Bonchev–Trinajstić information content (AvgIpc) is 3.00. The maximum Gasteiger partial charge on any atom is 0.416 e. The minimum atomic E-state index is -4.60. The Morgan fingerprint density at radius 2 is 1.70 bits per heavy atom. The fourth-order valence-electron chi connectivity index (χ4n) is 2.56. The van der Waals surface area contributed by atoms with Crippen molar-refractivity contribution >= 4 is 15.7 Å². The van der Waals surface area contributed by atoms with Gasteiger partial charge in [-0.1, -0.05) is 17.7 Å². The Hall–Kier alpha value is -2.81. The van der Waals surface area contributed by atoms with Crippen LogP contribution in [0, 0.1) is 13.8 Å². The van der Waals surface area contributed by atoms with Gasteiger partial charge in [0.1, 0.15) is 5.82 Å². The van der Waals surface area contributed by atoms with E-state index < -0.39 is 21.8 Å². The van der Waals surface area contributed by atoms with Crippen LogP contribution >= 0.6 is 0 Å². The van der Waals surface area contributed by atoms with Gasteiger partial charge in [0.25, 0.3) is 10.0 Å². The molecule has 0 bridgehead atoms. The predicted molar refractivity (Wildman–Crippen MR) is 95.3 cm³/mol. The summed E-state index contributed by atoms with van der Waals surface area (Å²) in [5.74, 6) is 0.505. The van der Waals surface area contributed by atoms with Gasteiger partial charge in [-0.05, 0) is 44.2 Å². The van der Waals surface area contributed by atoms with Gasteiger partial charge in [-0.25, -0.2) is 13.4 Å². The molecular formula is C18H16F3N3O2S. The number of sulfonamides is 1. The lowest BCUT2D eigenvalue weighted by molar-refractivity contribution is -0.137. The monoisotopic (exact) mass is 395 g/mol. The van der Waals surface area contributed by atoms with Crippen LogP contribution in [0.2, 0.25) is 0 Å². The second kappa shape index (κ2) is 6.73. The van der Waals surface area contributed by atoms with Crippen molar-refractivity contribution in [3.63, 3.8) is 0 Å². The van der Waals surface area contributed by atoms with Crippen LogP contribution in [-0.4, -0.2) is 18.0 Å². The minimum Gasteiger partial charge on any atom is -0.302 e. The maximum atomic E-state index is 13.1. The minimum absolute atomic E-state index is 0.0428. The molecule has 0 fully saturated rings. The molecule has 0 amide bonds. The SMILES string of the molecule is Cc1ccc(S(=O)(=O)Nc2cc(C(F)(F)F)ccc2-n2ccnc2C)cc1. The van der Waals surface area contributed by atoms with E-state index in [1.165, 1.54) is 29.0 Å². The van der Waals surface area contributed by atoms with E-state index in [0.717, 1.165) is 17.7 Å². The molecule has 1 aromatic heterocycles. The molecule has 0 spiro atoms. The maximum absolute atomic E-state index is 13.1. The highest BCUT2D eigenvalue weighted by Gasteiger charge is 2.32. The van der Waals surface area contributed by atoms with E-state index in [1.807, 2.05) is 0 Å². The third-order valence-corrected chi connectivity index (χ3v) is 5.37. The summed E-state index contributed by atoms with van der Waals surface area (Å²) in [6.07, 6.45) is -1.58. The number of imidazole rings is 1. The first-order valence-electron chi connectivity index (χ1n) is 7.89. The average molecular weight is 395 g/mol. The standard InChI is InChI=1S/C18H16F3N3O2S/c1-12-3-6-15(7-4-12)27(25,26)23-16-11-14(18(19,20)21)5-8-17(16)24-10-9-22-13(24)2/h3-11,23H,1-2H3. The van der Waals surface area contributed by atoms with Crippen LogP contribution in [-0.2, 0) is 16.2 Å². The Morgan fingerprint density at radius 3 is 2.26 bits per heavy atom. The van der Waals surface area contributed by atoms with Gasteiger partial charge < -0.3 is 4.57 Å². The summed E-state index contributed by atoms with van der Waals surface area (Å²) in [7, 11) is -4.07. The normalized spacial score (nSPS) is 12.2. The molecule has 9 heteroatoms. The van der Waals surface area contributed by atoms with E-state index in [4.69, 9.17) is 0 Å². The number of hydrogen-bond donors (Lipinski definition) is 1. The lowest BCUT2D eigenvalue weighted by atomic mass is 10.1. The molecule has 3 aromatic rings. The van der Waals surface area contributed by atoms with Crippen LogP contribution in [0.25, 0.3) is 5.69 Å². The van der Waals surface area contributed by atoms with Crippen molar-refractivity contribution in [3.05, 3.63) is 71.8 Å². The third kappa shape index (κ3) is 3.97. The van der Waals surface area contributed by atoms with E-state index in [0.29, 0.717) is 5.82 Å². The molecule has 1 N–H and O–H groups in total. The zero-order valence-electron chi connectivity index (χ0n) is 14.4. The second-order valence-electron chi connectivity index (χ2n) is 5.99. The smallest absolute Gasteiger partial charge is 0.302 e. The molecule has 2 aromatic carbocycles. The predicted octanol–water partition coefficient (Wildman–Crippen LogP) is 4.31. The van der Waals surface area contributed by atoms with Crippen LogP contribution in [0.15, 0.2) is 59.8 Å². The first-order chi connectivity index (χ1) is 12.6. The van der Waals surface area contributed by atoms with E-state index in [2.05, 4.69) is 9.71 Å². The molecule has 0 atom stereocenters. The van der Waals surface area contributed by atoms with E-state index >= 15 is 0 Å². The number of aromatic nitrogens is 2.